The molecular weight excluding hydrogens is 152 g/mol. The molecule has 2 heteroatoms. The molecule has 1 aliphatic rings. The maximum absolute atomic E-state index is 9.80. The molecule has 1 N–H and O–H groups in total. The van der Waals surface area contributed by atoms with Gasteiger partial charge in [-0.05, 0) is 31.6 Å². The Labute approximate surface area is 74.9 Å². The normalized spacial score (nSPS) is 22.8. The first-order valence-electron chi connectivity index (χ1n) is 4.96. The summed E-state index contributed by atoms with van der Waals surface area (Å²) in [6.07, 6.45) is 2.27. The third-order valence-electron chi connectivity index (χ3n) is 2.47. The van der Waals surface area contributed by atoms with E-state index in [0.717, 1.165) is 0 Å². The third kappa shape index (κ3) is 2.46. The van der Waals surface area contributed by atoms with Gasteiger partial charge in [0.1, 0.15) is 0 Å². The predicted molar refractivity (Wildman–Crippen MR) is 49.0 cm³/mol. The zero-order chi connectivity index (χ0) is 9.14. The third-order valence-corrected chi connectivity index (χ3v) is 2.47. The largest absolute Gasteiger partial charge is 0.390 e. The minimum atomic E-state index is -0.280. The molecule has 0 heterocycles. The first kappa shape index (κ1) is 10.0. The highest BCUT2D eigenvalue weighted by molar-refractivity contribution is 4.87. The zero-order valence-corrected chi connectivity index (χ0v) is 8.29. The summed E-state index contributed by atoms with van der Waals surface area (Å²) in [4.78, 5) is 0. The van der Waals surface area contributed by atoms with Gasteiger partial charge >= 0.3 is 0 Å². The van der Waals surface area contributed by atoms with Crippen LogP contribution in [0, 0.1) is 11.8 Å². The lowest BCUT2D eigenvalue weighted by Gasteiger charge is -2.25. The molecule has 0 spiro atoms. The Bertz CT molecular complexity index is 130. The molecule has 0 aromatic carbocycles. The number of ether oxygens (including phenoxy) is 1. The van der Waals surface area contributed by atoms with Gasteiger partial charge in [0.25, 0.3) is 0 Å². The highest BCUT2D eigenvalue weighted by Crippen LogP contribution is 2.37. The maximum Gasteiger partial charge on any atom is 0.0864 e. The molecule has 1 aliphatic carbocycles. The van der Waals surface area contributed by atoms with E-state index in [1.807, 2.05) is 20.8 Å². The van der Waals surface area contributed by atoms with Crippen molar-refractivity contribution in [3.63, 3.8) is 0 Å². The fourth-order valence-corrected chi connectivity index (χ4v) is 1.51. The molecule has 2 nitrogen and oxygen atoms in total. The van der Waals surface area contributed by atoms with Crippen molar-refractivity contribution in [3.05, 3.63) is 0 Å². The molecule has 0 aliphatic heterocycles. The van der Waals surface area contributed by atoms with Gasteiger partial charge in [-0.1, -0.05) is 13.8 Å². The molecule has 1 rings (SSSR count). The van der Waals surface area contributed by atoms with E-state index in [2.05, 4.69) is 0 Å². The Morgan fingerprint density at radius 2 is 2.00 bits per heavy atom. The van der Waals surface area contributed by atoms with Gasteiger partial charge in [-0.15, -0.1) is 0 Å². The number of rotatable bonds is 5. The van der Waals surface area contributed by atoms with E-state index in [-0.39, 0.29) is 12.2 Å². The van der Waals surface area contributed by atoms with Gasteiger partial charge in [0.15, 0.2) is 0 Å². The molecule has 0 bridgehead atoms. The van der Waals surface area contributed by atoms with Crippen LogP contribution in [0.15, 0.2) is 0 Å². The number of aliphatic hydroxyl groups excluding tert-OH is 1. The molecule has 2 unspecified atom stereocenters. The van der Waals surface area contributed by atoms with Crippen molar-refractivity contribution in [3.8, 4) is 0 Å². The molecule has 0 radical (unpaired) electrons. The molecule has 72 valence electrons. The Morgan fingerprint density at radius 3 is 2.33 bits per heavy atom. The van der Waals surface area contributed by atoms with Crippen LogP contribution in [0.1, 0.15) is 33.6 Å². The van der Waals surface area contributed by atoms with E-state index in [4.69, 9.17) is 4.74 Å². The summed E-state index contributed by atoms with van der Waals surface area (Å²) in [5.41, 5.74) is 0. The van der Waals surface area contributed by atoms with Crippen LogP contribution in [-0.4, -0.2) is 23.9 Å². The first-order valence-corrected chi connectivity index (χ1v) is 4.96. The minimum absolute atomic E-state index is 0.0926. The van der Waals surface area contributed by atoms with Gasteiger partial charge in [-0.25, -0.2) is 0 Å². The molecule has 12 heavy (non-hydrogen) atoms. The predicted octanol–water partition coefficient (Wildman–Crippen LogP) is 1.82. The Balaban J connectivity index is 2.40. The van der Waals surface area contributed by atoms with Crippen molar-refractivity contribution in [2.75, 3.05) is 6.61 Å². The lowest BCUT2D eigenvalue weighted by Crippen LogP contribution is -2.35. The van der Waals surface area contributed by atoms with E-state index in [9.17, 15) is 5.11 Å². The Kier molecular flexibility index (Phi) is 3.53. The maximum atomic E-state index is 9.80. The molecule has 0 amide bonds. The monoisotopic (exact) mass is 172 g/mol. The van der Waals surface area contributed by atoms with Gasteiger partial charge < -0.3 is 9.84 Å². The van der Waals surface area contributed by atoms with Crippen molar-refractivity contribution in [2.45, 2.75) is 45.8 Å². The van der Waals surface area contributed by atoms with Crippen LogP contribution in [0.5, 0.6) is 0 Å². The van der Waals surface area contributed by atoms with Crippen LogP contribution in [-0.2, 0) is 4.74 Å². The van der Waals surface area contributed by atoms with E-state index in [1.165, 1.54) is 12.8 Å². The van der Waals surface area contributed by atoms with Gasteiger partial charge in [-0.3, -0.25) is 0 Å². The number of hydrogen-bond acceptors (Lipinski definition) is 2. The van der Waals surface area contributed by atoms with Crippen molar-refractivity contribution in [2.24, 2.45) is 11.8 Å². The van der Waals surface area contributed by atoms with Crippen LogP contribution < -0.4 is 0 Å². The van der Waals surface area contributed by atoms with Gasteiger partial charge in [0, 0.05) is 6.61 Å². The van der Waals surface area contributed by atoms with E-state index in [0.29, 0.717) is 18.4 Å². The highest BCUT2D eigenvalue weighted by Gasteiger charge is 2.37. The van der Waals surface area contributed by atoms with E-state index < -0.39 is 0 Å². The fourth-order valence-electron chi connectivity index (χ4n) is 1.51. The summed E-state index contributed by atoms with van der Waals surface area (Å²) in [5.74, 6) is 0.935. The molecule has 0 saturated heterocycles. The van der Waals surface area contributed by atoms with Crippen molar-refractivity contribution in [1.82, 2.24) is 0 Å². The summed E-state index contributed by atoms with van der Waals surface area (Å²) < 4.78 is 5.54. The minimum Gasteiger partial charge on any atom is -0.390 e. The average molecular weight is 172 g/mol. The number of aliphatic hydroxyl groups is 1. The highest BCUT2D eigenvalue weighted by atomic mass is 16.5. The topological polar surface area (TPSA) is 29.5 Å². The van der Waals surface area contributed by atoms with Crippen molar-refractivity contribution >= 4 is 0 Å². The molecule has 2 atom stereocenters. The van der Waals surface area contributed by atoms with Crippen LogP contribution >= 0.6 is 0 Å². The average Bonchev–Trinajstić information content (AvgIpc) is 2.81. The fraction of sp³-hybridized carbons (Fsp3) is 1.00. The second kappa shape index (κ2) is 4.24. The lowest BCUT2D eigenvalue weighted by molar-refractivity contribution is -0.0629. The zero-order valence-electron chi connectivity index (χ0n) is 8.29. The van der Waals surface area contributed by atoms with Gasteiger partial charge in [-0.2, -0.15) is 0 Å². The van der Waals surface area contributed by atoms with Crippen LogP contribution in [0.2, 0.25) is 0 Å². The van der Waals surface area contributed by atoms with Crippen molar-refractivity contribution < 1.29 is 9.84 Å². The standard InChI is InChI=1S/C10H20O2/c1-4-12-10(8-5-6-8)9(11)7(2)3/h7-11H,4-6H2,1-3H3. The van der Waals surface area contributed by atoms with Crippen LogP contribution in [0.4, 0.5) is 0 Å². The molecule has 1 saturated carbocycles. The summed E-state index contributed by atoms with van der Waals surface area (Å²) in [5, 5.41) is 9.80. The second-order valence-corrected chi connectivity index (χ2v) is 3.99. The summed E-state index contributed by atoms with van der Waals surface area (Å²) in [7, 11) is 0. The van der Waals surface area contributed by atoms with E-state index in [1.54, 1.807) is 0 Å². The summed E-state index contributed by atoms with van der Waals surface area (Å²) in [6, 6.07) is 0. The van der Waals surface area contributed by atoms with Crippen LogP contribution in [0.25, 0.3) is 0 Å². The van der Waals surface area contributed by atoms with E-state index >= 15 is 0 Å². The Morgan fingerprint density at radius 1 is 1.42 bits per heavy atom. The summed E-state index contributed by atoms with van der Waals surface area (Å²) >= 11 is 0. The van der Waals surface area contributed by atoms with Gasteiger partial charge in [0.2, 0.25) is 0 Å². The van der Waals surface area contributed by atoms with Crippen LogP contribution in [0.3, 0.4) is 0 Å². The Hall–Kier alpha value is -0.0800. The molecule has 0 aromatic heterocycles. The number of hydrogen-bond donors (Lipinski definition) is 1. The quantitative estimate of drug-likeness (QED) is 0.685. The smallest absolute Gasteiger partial charge is 0.0864 e. The van der Waals surface area contributed by atoms with Gasteiger partial charge in [0.05, 0.1) is 12.2 Å². The second-order valence-electron chi connectivity index (χ2n) is 3.99. The lowest BCUT2D eigenvalue weighted by atomic mass is 9.98. The SMILES string of the molecule is CCOC(C1CC1)C(O)C(C)C. The molecule has 1 fully saturated rings. The molecule has 0 aromatic rings. The van der Waals surface area contributed by atoms with Crippen molar-refractivity contribution in [1.29, 1.82) is 0 Å². The molecular formula is C10H20O2. The first-order chi connectivity index (χ1) is 5.66. The summed E-state index contributed by atoms with van der Waals surface area (Å²) in [6.45, 7) is 6.78.